The number of nitrogens with one attached hydrogen (secondary N) is 1. The highest BCUT2D eigenvalue weighted by Crippen LogP contribution is 2.33. The average Bonchev–Trinajstić information content (AvgIpc) is 2.71. The van der Waals surface area contributed by atoms with Gasteiger partial charge in [0, 0.05) is 4.88 Å². The highest BCUT2D eigenvalue weighted by atomic mass is 79.9. The molecule has 1 nitrogen and oxygen atoms in total. The maximum absolute atomic E-state index is 6.04. The maximum Gasteiger partial charge on any atom is 0.0702 e. The molecular weight excluding hydrogens is 341 g/mol. The predicted molar refractivity (Wildman–Crippen MR) is 79.4 cm³/mol. The molecule has 17 heavy (non-hydrogen) atoms. The van der Waals surface area contributed by atoms with E-state index in [1.807, 2.05) is 31.3 Å². The van der Waals surface area contributed by atoms with Crippen molar-refractivity contribution in [1.29, 1.82) is 0 Å². The van der Waals surface area contributed by atoms with E-state index >= 15 is 0 Å². The van der Waals surface area contributed by atoms with Crippen molar-refractivity contribution >= 4 is 50.5 Å². The van der Waals surface area contributed by atoms with Crippen LogP contribution in [-0.4, -0.2) is 7.05 Å². The van der Waals surface area contributed by atoms with Gasteiger partial charge < -0.3 is 5.32 Å². The molecule has 0 radical (unpaired) electrons. The predicted octanol–water partition coefficient (Wildman–Crippen LogP) is 5.13. The van der Waals surface area contributed by atoms with E-state index < -0.39 is 0 Å². The highest BCUT2D eigenvalue weighted by Gasteiger charge is 2.15. The first-order chi connectivity index (χ1) is 8.11. The number of benzene rings is 1. The lowest BCUT2D eigenvalue weighted by Gasteiger charge is -2.15. The Morgan fingerprint density at radius 2 is 1.94 bits per heavy atom. The Morgan fingerprint density at radius 3 is 2.47 bits per heavy atom. The first-order valence-corrected chi connectivity index (χ1v) is 7.36. The Kier molecular flexibility index (Phi) is 4.50. The molecule has 2 aromatic rings. The Labute approximate surface area is 123 Å². The summed E-state index contributed by atoms with van der Waals surface area (Å²) in [4.78, 5) is 1.23. The van der Waals surface area contributed by atoms with E-state index in [1.165, 1.54) is 4.88 Å². The number of hydrogen-bond donors (Lipinski definition) is 1. The largest absolute Gasteiger partial charge is 0.309 e. The molecule has 5 heteroatoms. The van der Waals surface area contributed by atoms with Gasteiger partial charge in [0.2, 0.25) is 0 Å². The van der Waals surface area contributed by atoms with Gasteiger partial charge in [-0.3, -0.25) is 0 Å². The van der Waals surface area contributed by atoms with Gasteiger partial charge in [0.15, 0.2) is 0 Å². The van der Waals surface area contributed by atoms with Gasteiger partial charge in [-0.2, -0.15) is 0 Å². The molecule has 1 heterocycles. The van der Waals surface area contributed by atoms with Crippen LogP contribution in [0, 0.1) is 0 Å². The van der Waals surface area contributed by atoms with Crippen molar-refractivity contribution in [2.24, 2.45) is 0 Å². The molecule has 0 amide bonds. The van der Waals surface area contributed by atoms with Crippen molar-refractivity contribution in [3.05, 3.63) is 54.6 Å². The zero-order valence-electron chi connectivity index (χ0n) is 9.01. The van der Waals surface area contributed by atoms with Crippen molar-refractivity contribution in [3.63, 3.8) is 0 Å². The number of halogens is 3. The molecule has 0 aliphatic carbocycles. The summed E-state index contributed by atoms with van der Waals surface area (Å²) in [6.45, 7) is 0. The van der Waals surface area contributed by atoms with Crippen LogP contribution < -0.4 is 5.32 Å². The molecule has 0 saturated carbocycles. The fourth-order valence-electron chi connectivity index (χ4n) is 1.65. The Balaban J connectivity index is 2.38. The summed E-state index contributed by atoms with van der Waals surface area (Å²) < 4.78 is 1.12. The van der Waals surface area contributed by atoms with E-state index in [2.05, 4.69) is 27.3 Å². The third kappa shape index (κ3) is 3.04. The first-order valence-electron chi connectivity index (χ1n) is 4.99. The van der Waals surface area contributed by atoms with E-state index in [0.717, 1.165) is 9.35 Å². The Bertz CT molecular complexity index is 527. The van der Waals surface area contributed by atoms with Crippen molar-refractivity contribution in [2.45, 2.75) is 6.04 Å². The van der Waals surface area contributed by atoms with Crippen LogP contribution in [-0.2, 0) is 0 Å². The minimum Gasteiger partial charge on any atom is -0.309 e. The van der Waals surface area contributed by atoms with Crippen molar-refractivity contribution in [3.8, 4) is 0 Å². The van der Waals surface area contributed by atoms with Gasteiger partial charge in [0.05, 0.1) is 19.9 Å². The van der Waals surface area contributed by atoms with Gasteiger partial charge in [-0.25, -0.2) is 0 Å². The van der Waals surface area contributed by atoms with Crippen LogP contribution in [0.2, 0.25) is 10.0 Å². The average molecular weight is 351 g/mol. The van der Waals surface area contributed by atoms with Crippen LogP contribution in [0.25, 0.3) is 0 Å². The molecular formula is C12H10BrCl2NS. The number of hydrogen-bond acceptors (Lipinski definition) is 2. The fraction of sp³-hybridized carbons (Fsp3) is 0.167. The second-order valence-corrected chi connectivity index (χ2v) is 6.85. The zero-order valence-corrected chi connectivity index (χ0v) is 12.9. The molecule has 1 aromatic heterocycles. The van der Waals surface area contributed by atoms with Crippen LogP contribution in [0.4, 0.5) is 0 Å². The smallest absolute Gasteiger partial charge is 0.0702 e. The summed E-state index contributed by atoms with van der Waals surface area (Å²) in [5, 5.41) is 4.45. The van der Waals surface area contributed by atoms with Gasteiger partial charge in [0.1, 0.15) is 0 Å². The van der Waals surface area contributed by atoms with Crippen LogP contribution in [0.15, 0.2) is 34.1 Å². The van der Waals surface area contributed by atoms with Crippen LogP contribution in [0.5, 0.6) is 0 Å². The first kappa shape index (κ1) is 13.4. The molecule has 1 unspecified atom stereocenters. The summed E-state index contributed by atoms with van der Waals surface area (Å²) in [6, 6.07) is 10.00. The third-order valence-electron chi connectivity index (χ3n) is 2.44. The Hall–Kier alpha value is -0.0600. The normalized spacial score (nSPS) is 12.7. The zero-order chi connectivity index (χ0) is 12.4. The quantitative estimate of drug-likeness (QED) is 0.809. The van der Waals surface area contributed by atoms with Crippen LogP contribution in [0.3, 0.4) is 0 Å². The molecule has 1 aromatic carbocycles. The van der Waals surface area contributed by atoms with Crippen molar-refractivity contribution in [1.82, 2.24) is 5.32 Å². The molecule has 0 bridgehead atoms. The SMILES string of the molecule is CNC(c1ccc(Cl)c(Cl)c1)c1ccc(Br)s1. The summed E-state index contributed by atoms with van der Waals surface area (Å²) in [5.74, 6) is 0. The molecule has 1 atom stereocenters. The Morgan fingerprint density at radius 1 is 1.18 bits per heavy atom. The van der Waals surface area contributed by atoms with Gasteiger partial charge in [-0.1, -0.05) is 29.3 Å². The number of thiophene rings is 1. The van der Waals surface area contributed by atoms with E-state index in [-0.39, 0.29) is 6.04 Å². The minimum atomic E-state index is 0.140. The molecule has 0 spiro atoms. The highest BCUT2D eigenvalue weighted by molar-refractivity contribution is 9.11. The standard InChI is InChI=1S/C12H10BrCl2NS/c1-16-12(10-4-5-11(13)17-10)7-2-3-8(14)9(15)6-7/h2-6,12,16H,1H3. The van der Waals surface area contributed by atoms with Gasteiger partial charge >= 0.3 is 0 Å². The van der Waals surface area contributed by atoms with Crippen LogP contribution >= 0.6 is 50.5 Å². The summed E-state index contributed by atoms with van der Waals surface area (Å²) in [5.41, 5.74) is 1.11. The van der Waals surface area contributed by atoms with E-state index in [9.17, 15) is 0 Å². The summed E-state index contributed by atoms with van der Waals surface area (Å²) in [6.07, 6.45) is 0. The lowest BCUT2D eigenvalue weighted by molar-refractivity contribution is 0.704. The topological polar surface area (TPSA) is 12.0 Å². The van der Waals surface area contributed by atoms with Crippen LogP contribution in [0.1, 0.15) is 16.5 Å². The maximum atomic E-state index is 6.04. The molecule has 1 N–H and O–H groups in total. The molecule has 0 aliphatic heterocycles. The lowest BCUT2D eigenvalue weighted by atomic mass is 10.1. The second kappa shape index (κ2) is 5.72. The monoisotopic (exact) mass is 349 g/mol. The molecule has 90 valence electrons. The summed E-state index contributed by atoms with van der Waals surface area (Å²) >= 11 is 17.1. The molecule has 0 aliphatic rings. The van der Waals surface area contributed by atoms with E-state index in [0.29, 0.717) is 10.0 Å². The van der Waals surface area contributed by atoms with Gasteiger partial charge in [0.25, 0.3) is 0 Å². The lowest BCUT2D eigenvalue weighted by Crippen LogP contribution is -2.16. The minimum absolute atomic E-state index is 0.140. The van der Waals surface area contributed by atoms with E-state index in [4.69, 9.17) is 23.2 Å². The third-order valence-corrected chi connectivity index (χ3v) is 4.87. The fourth-order valence-corrected chi connectivity index (χ4v) is 3.52. The molecule has 0 fully saturated rings. The summed E-state index contributed by atoms with van der Waals surface area (Å²) in [7, 11) is 1.93. The molecule has 0 saturated heterocycles. The van der Waals surface area contributed by atoms with E-state index in [1.54, 1.807) is 11.3 Å². The van der Waals surface area contributed by atoms with Gasteiger partial charge in [-0.05, 0) is 52.8 Å². The van der Waals surface area contributed by atoms with Gasteiger partial charge in [-0.15, -0.1) is 11.3 Å². The molecule has 2 rings (SSSR count). The number of rotatable bonds is 3. The van der Waals surface area contributed by atoms with Crippen molar-refractivity contribution in [2.75, 3.05) is 7.05 Å². The van der Waals surface area contributed by atoms with Crippen molar-refractivity contribution < 1.29 is 0 Å². The second-order valence-electron chi connectivity index (χ2n) is 3.54.